The largest absolute Gasteiger partial charge is 0.496 e. The molecule has 0 bridgehead atoms. The van der Waals surface area contributed by atoms with E-state index < -0.39 is 12.1 Å². The Morgan fingerprint density at radius 1 is 0.978 bits per heavy atom. The molecule has 45 heavy (non-hydrogen) atoms. The van der Waals surface area contributed by atoms with Crippen LogP contribution >= 0.6 is 15.9 Å². The van der Waals surface area contributed by atoms with E-state index in [-0.39, 0.29) is 36.6 Å². The Hall–Kier alpha value is -4.54. The third kappa shape index (κ3) is 6.62. The fraction of sp³-hybridized carbons (Fsp3) is 0.257. The Labute approximate surface area is 270 Å². The van der Waals surface area contributed by atoms with Gasteiger partial charge in [0.25, 0.3) is 11.8 Å². The van der Waals surface area contributed by atoms with Gasteiger partial charge in [-0.15, -0.1) is 0 Å². The van der Waals surface area contributed by atoms with Crippen LogP contribution in [-0.4, -0.2) is 55.8 Å². The summed E-state index contributed by atoms with van der Waals surface area (Å²) in [5.41, 5.74) is 2.66. The molecule has 2 N–H and O–H groups in total. The normalized spacial score (nSPS) is 15.3. The number of Topliss-reactive ketones (excluding diaryl/α,β-unsaturated/α-hetero) is 1. The number of fused-ring (bicyclic) bond motifs is 2. The van der Waals surface area contributed by atoms with Crippen LogP contribution in [0.3, 0.4) is 0 Å². The number of halogens is 1. The highest BCUT2D eigenvalue weighted by Crippen LogP contribution is 2.38. The number of nitrogens with one attached hydrogen (secondary N) is 2. The molecule has 2 atom stereocenters. The highest BCUT2D eigenvalue weighted by atomic mass is 79.9. The second-order valence-electron chi connectivity index (χ2n) is 10.9. The number of ether oxygens (including phenoxy) is 1. The van der Waals surface area contributed by atoms with E-state index in [1.54, 1.807) is 55.3 Å². The standard InChI is InChI=1S/C35H35BrN4O5/c1-5-37-21(2)33(42)38-29-20-40(34(43)24-12-10-23(11-13-24)22(3)41)31-9-7-6-8-30(31)39(35(29)44)19-28-27-16-15-26(36)18-25(27)14-17-32(28)45-4/h6-18,21,29,37H,5,19-20H2,1-4H3,(H,38,42). The van der Waals surface area contributed by atoms with Crippen LogP contribution in [0.4, 0.5) is 11.4 Å². The zero-order valence-corrected chi connectivity index (χ0v) is 27.2. The summed E-state index contributed by atoms with van der Waals surface area (Å²) in [6, 6.07) is 21.8. The number of methoxy groups -OCH3 is 1. The summed E-state index contributed by atoms with van der Waals surface area (Å²) in [6.45, 7) is 5.69. The molecule has 4 aromatic carbocycles. The predicted molar refractivity (Wildman–Crippen MR) is 179 cm³/mol. The van der Waals surface area contributed by atoms with E-state index in [1.165, 1.54) is 11.8 Å². The fourth-order valence-electron chi connectivity index (χ4n) is 5.61. The molecular formula is C35H35BrN4O5. The monoisotopic (exact) mass is 670 g/mol. The highest BCUT2D eigenvalue weighted by Gasteiger charge is 2.38. The van der Waals surface area contributed by atoms with Gasteiger partial charge in [-0.3, -0.25) is 19.2 Å². The Bertz CT molecular complexity index is 1770. The summed E-state index contributed by atoms with van der Waals surface area (Å²) in [6.07, 6.45) is 0. The van der Waals surface area contributed by atoms with Crippen molar-refractivity contribution >= 4 is 61.6 Å². The van der Waals surface area contributed by atoms with Crippen molar-refractivity contribution in [1.82, 2.24) is 10.6 Å². The molecule has 10 heteroatoms. The number of para-hydroxylation sites is 2. The number of hydrogen-bond donors (Lipinski definition) is 2. The van der Waals surface area contributed by atoms with E-state index in [4.69, 9.17) is 4.74 Å². The summed E-state index contributed by atoms with van der Waals surface area (Å²) in [5, 5.41) is 7.86. The lowest BCUT2D eigenvalue weighted by Gasteiger charge is -2.27. The molecule has 9 nitrogen and oxygen atoms in total. The summed E-state index contributed by atoms with van der Waals surface area (Å²) in [5.74, 6) is -0.577. The molecule has 1 aliphatic heterocycles. The van der Waals surface area contributed by atoms with Gasteiger partial charge in [0, 0.05) is 21.2 Å². The maximum atomic E-state index is 14.5. The molecule has 1 aliphatic rings. The van der Waals surface area contributed by atoms with Crippen molar-refractivity contribution < 1.29 is 23.9 Å². The van der Waals surface area contributed by atoms with Crippen molar-refractivity contribution in [2.24, 2.45) is 0 Å². The quantitative estimate of drug-likeness (QED) is 0.228. The van der Waals surface area contributed by atoms with E-state index in [0.29, 0.717) is 34.8 Å². The molecule has 1 heterocycles. The van der Waals surface area contributed by atoms with Crippen LogP contribution in [0, 0.1) is 0 Å². The summed E-state index contributed by atoms with van der Waals surface area (Å²) in [7, 11) is 1.59. The third-order valence-electron chi connectivity index (χ3n) is 7.98. The SMILES string of the molecule is CCNC(C)C(=O)NC1CN(C(=O)c2ccc(C(C)=O)cc2)c2ccccc2N(Cc2c(OC)ccc3cc(Br)ccc23)C1=O. The van der Waals surface area contributed by atoms with Crippen molar-refractivity contribution in [2.45, 2.75) is 39.4 Å². The number of carbonyl (C=O) groups excluding carboxylic acids is 4. The van der Waals surface area contributed by atoms with Gasteiger partial charge in [0.2, 0.25) is 5.91 Å². The van der Waals surface area contributed by atoms with Gasteiger partial charge in [-0.2, -0.15) is 0 Å². The number of anilines is 2. The predicted octanol–water partition coefficient (Wildman–Crippen LogP) is 5.49. The lowest BCUT2D eigenvalue weighted by atomic mass is 10.0. The molecule has 4 aromatic rings. The average Bonchev–Trinajstić information content (AvgIpc) is 3.15. The third-order valence-corrected chi connectivity index (χ3v) is 8.48. The fourth-order valence-corrected chi connectivity index (χ4v) is 5.98. The molecule has 0 aliphatic carbocycles. The number of hydrogen-bond acceptors (Lipinski definition) is 6. The van der Waals surface area contributed by atoms with Gasteiger partial charge in [-0.05, 0) is 73.6 Å². The number of rotatable bonds is 9. The number of ketones is 1. The van der Waals surface area contributed by atoms with Gasteiger partial charge in [-0.25, -0.2) is 0 Å². The number of nitrogens with zero attached hydrogens (tertiary/aromatic N) is 2. The second-order valence-corrected chi connectivity index (χ2v) is 11.8. The Kier molecular flexibility index (Phi) is 9.65. The van der Waals surface area contributed by atoms with E-state index in [9.17, 15) is 19.2 Å². The maximum absolute atomic E-state index is 14.5. The zero-order chi connectivity index (χ0) is 32.2. The van der Waals surface area contributed by atoms with Gasteiger partial charge < -0.3 is 25.2 Å². The minimum atomic E-state index is -1.05. The van der Waals surface area contributed by atoms with Crippen molar-refractivity contribution in [3.8, 4) is 5.75 Å². The Morgan fingerprint density at radius 3 is 2.33 bits per heavy atom. The van der Waals surface area contributed by atoms with Gasteiger partial charge in [0.05, 0.1) is 37.6 Å². The van der Waals surface area contributed by atoms with Gasteiger partial charge in [0.1, 0.15) is 11.8 Å². The van der Waals surface area contributed by atoms with E-state index in [2.05, 4.69) is 26.6 Å². The summed E-state index contributed by atoms with van der Waals surface area (Å²) < 4.78 is 6.68. The first-order valence-corrected chi connectivity index (χ1v) is 15.5. The topological polar surface area (TPSA) is 108 Å². The van der Waals surface area contributed by atoms with Crippen LogP contribution in [0.2, 0.25) is 0 Å². The molecule has 5 rings (SSSR count). The van der Waals surface area contributed by atoms with Crippen LogP contribution in [0.15, 0.2) is 83.3 Å². The zero-order valence-electron chi connectivity index (χ0n) is 25.6. The molecule has 232 valence electrons. The number of carbonyl (C=O) groups is 4. The van der Waals surface area contributed by atoms with Crippen LogP contribution in [0.25, 0.3) is 10.8 Å². The van der Waals surface area contributed by atoms with E-state index in [1.807, 2.05) is 49.4 Å². The van der Waals surface area contributed by atoms with E-state index in [0.717, 1.165) is 20.8 Å². The number of amides is 3. The van der Waals surface area contributed by atoms with Gasteiger partial charge in [0.15, 0.2) is 5.78 Å². The molecule has 2 unspecified atom stereocenters. The molecule has 0 saturated carbocycles. The lowest BCUT2D eigenvalue weighted by Crippen LogP contribution is -2.56. The lowest BCUT2D eigenvalue weighted by molar-refractivity contribution is -0.128. The second kappa shape index (κ2) is 13.6. The minimum absolute atomic E-state index is 0.0934. The average molecular weight is 672 g/mol. The van der Waals surface area contributed by atoms with Crippen LogP contribution in [-0.2, 0) is 16.1 Å². The maximum Gasteiger partial charge on any atom is 0.258 e. The molecule has 0 saturated heterocycles. The van der Waals surface area contributed by atoms with Crippen molar-refractivity contribution in [1.29, 1.82) is 0 Å². The summed E-state index contributed by atoms with van der Waals surface area (Å²) in [4.78, 5) is 56.9. The summed E-state index contributed by atoms with van der Waals surface area (Å²) >= 11 is 3.54. The van der Waals surface area contributed by atoms with Crippen LogP contribution in [0.1, 0.15) is 47.1 Å². The smallest absolute Gasteiger partial charge is 0.258 e. The molecular weight excluding hydrogens is 636 g/mol. The first-order chi connectivity index (χ1) is 21.6. The van der Waals surface area contributed by atoms with Crippen molar-refractivity contribution in [3.63, 3.8) is 0 Å². The first-order valence-electron chi connectivity index (χ1n) is 14.7. The van der Waals surface area contributed by atoms with Gasteiger partial charge in [-0.1, -0.05) is 59.3 Å². The molecule has 0 fully saturated rings. The van der Waals surface area contributed by atoms with Crippen molar-refractivity contribution in [2.75, 3.05) is 30.0 Å². The minimum Gasteiger partial charge on any atom is -0.496 e. The van der Waals surface area contributed by atoms with Gasteiger partial charge >= 0.3 is 0 Å². The Balaban J connectivity index is 1.63. The van der Waals surface area contributed by atoms with Crippen molar-refractivity contribution in [3.05, 3.63) is 100 Å². The number of likely N-dealkylation sites (N-methyl/N-ethyl adjacent to an activating group) is 1. The molecule has 0 spiro atoms. The first kappa shape index (κ1) is 31.9. The van der Waals surface area contributed by atoms with E-state index >= 15 is 0 Å². The highest BCUT2D eigenvalue weighted by molar-refractivity contribution is 9.10. The number of benzene rings is 4. The van der Waals surface area contributed by atoms with Crippen LogP contribution in [0.5, 0.6) is 5.75 Å². The van der Waals surface area contributed by atoms with Crippen LogP contribution < -0.4 is 25.2 Å². The molecule has 0 radical (unpaired) electrons. The molecule has 3 amide bonds. The Morgan fingerprint density at radius 2 is 1.67 bits per heavy atom. The molecule has 0 aromatic heterocycles.